The van der Waals surface area contributed by atoms with Gasteiger partial charge in [0.2, 0.25) is 0 Å². The number of fused-ring (bicyclic) bond motifs is 2. The molecular formula is C20H17N3O5S2. The molecule has 0 saturated carbocycles. The molecule has 2 atom stereocenters. The zero-order chi connectivity index (χ0) is 20.8. The number of ether oxygens (including phenoxy) is 2. The van der Waals surface area contributed by atoms with E-state index < -0.39 is 17.1 Å². The van der Waals surface area contributed by atoms with Crippen LogP contribution in [0.5, 0.6) is 5.75 Å². The number of thioether (sulfide) groups is 1. The van der Waals surface area contributed by atoms with Crippen LogP contribution in [0.3, 0.4) is 0 Å². The lowest BCUT2D eigenvalue weighted by molar-refractivity contribution is -0.146. The van der Waals surface area contributed by atoms with Gasteiger partial charge in [-0.05, 0) is 23.8 Å². The number of benzene rings is 1. The van der Waals surface area contributed by atoms with Crippen LogP contribution in [0.25, 0.3) is 6.08 Å². The maximum absolute atomic E-state index is 12.6. The van der Waals surface area contributed by atoms with E-state index in [1.165, 1.54) is 16.7 Å². The zero-order valence-electron chi connectivity index (χ0n) is 15.9. The average molecular weight is 444 g/mol. The standard InChI is InChI=1S/C20H17N3O5S2/c1-27-14-4-2-12(3-5-14)10-28-19(25)16-11-29-18-15(17(24)23(16)18)8-13-9-22-6-7-30(26)20(22)21-13/h2-5,8-9,11,18H,6-7,10H2,1H3/b15-8-/t18-,30?/m1/s1. The highest BCUT2D eigenvalue weighted by molar-refractivity contribution is 8.03. The second-order valence-electron chi connectivity index (χ2n) is 6.88. The largest absolute Gasteiger partial charge is 0.609 e. The minimum Gasteiger partial charge on any atom is -0.609 e. The fraction of sp³-hybridized carbons (Fsp3) is 0.250. The Morgan fingerprint density at radius 2 is 2.20 bits per heavy atom. The molecule has 10 heteroatoms. The fourth-order valence-corrected chi connectivity index (χ4v) is 5.74. The van der Waals surface area contributed by atoms with E-state index in [4.69, 9.17) is 9.47 Å². The molecule has 0 aliphatic carbocycles. The van der Waals surface area contributed by atoms with Gasteiger partial charge in [-0.15, -0.1) is 11.8 Å². The predicted molar refractivity (Wildman–Crippen MR) is 111 cm³/mol. The fourth-order valence-electron chi connectivity index (χ4n) is 3.47. The minimum absolute atomic E-state index is 0.109. The molecule has 1 aromatic carbocycles. The van der Waals surface area contributed by atoms with E-state index in [1.807, 2.05) is 16.7 Å². The first-order valence-corrected chi connectivity index (χ1v) is 11.5. The minimum atomic E-state index is -1.08. The number of nitrogens with zero attached hydrogens (tertiary/aromatic N) is 3. The maximum Gasteiger partial charge on any atom is 0.355 e. The highest BCUT2D eigenvalue weighted by Crippen LogP contribution is 2.45. The van der Waals surface area contributed by atoms with Gasteiger partial charge in [0, 0.05) is 22.8 Å². The van der Waals surface area contributed by atoms with E-state index >= 15 is 0 Å². The lowest BCUT2D eigenvalue weighted by Gasteiger charge is -2.37. The summed E-state index contributed by atoms with van der Waals surface area (Å²) >= 11 is 0.302. The van der Waals surface area contributed by atoms with Gasteiger partial charge in [-0.1, -0.05) is 12.1 Å². The summed E-state index contributed by atoms with van der Waals surface area (Å²) in [6.07, 6.45) is 3.51. The summed E-state index contributed by atoms with van der Waals surface area (Å²) in [6.45, 7) is 0.777. The molecule has 5 rings (SSSR count). The molecule has 4 heterocycles. The van der Waals surface area contributed by atoms with Crippen LogP contribution in [-0.4, -0.2) is 49.1 Å². The number of hydrogen-bond donors (Lipinski definition) is 0. The Hall–Kier alpha value is -2.69. The molecule has 1 saturated heterocycles. The Balaban J connectivity index is 1.23. The number of rotatable bonds is 5. The third-order valence-corrected chi connectivity index (χ3v) is 7.42. The molecule has 3 aliphatic rings. The van der Waals surface area contributed by atoms with Crippen LogP contribution in [0.4, 0.5) is 0 Å². The summed E-state index contributed by atoms with van der Waals surface area (Å²) in [5.41, 5.74) is 2.25. The van der Waals surface area contributed by atoms with Crippen molar-refractivity contribution >= 4 is 40.9 Å². The number of imidazole rings is 1. The summed E-state index contributed by atoms with van der Waals surface area (Å²) in [6, 6.07) is 7.22. The Kier molecular flexibility index (Phi) is 4.84. The van der Waals surface area contributed by atoms with Crippen LogP contribution in [0, 0.1) is 0 Å². The molecule has 0 bridgehead atoms. The van der Waals surface area contributed by atoms with E-state index in [1.54, 1.807) is 36.9 Å². The van der Waals surface area contributed by atoms with E-state index in [0.717, 1.165) is 11.3 Å². The second kappa shape index (κ2) is 7.53. The number of hydrogen-bond acceptors (Lipinski definition) is 7. The van der Waals surface area contributed by atoms with Crippen LogP contribution in [0.15, 0.2) is 52.3 Å². The van der Waals surface area contributed by atoms with Crippen molar-refractivity contribution < 1.29 is 23.6 Å². The van der Waals surface area contributed by atoms with Crippen LogP contribution in [0.2, 0.25) is 0 Å². The smallest absolute Gasteiger partial charge is 0.355 e. The Morgan fingerprint density at radius 1 is 1.40 bits per heavy atom. The average Bonchev–Trinajstić information content (AvgIpc) is 3.44. The Morgan fingerprint density at radius 3 is 2.93 bits per heavy atom. The normalized spacial score (nSPS) is 23.1. The SMILES string of the molecule is COc1ccc(COC(=O)C2=CS[C@@H]3/C(=C\c4cn5c(n4)[S+]([O-])CC5)C(=O)N23)cc1. The van der Waals surface area contributed by atoms with Crippen molar-refractivity contribution in [1.29, 1.82) is 0 Å². The molecule has 1 unspecified atom stereocenters. The molecule has 2 aromatic rings. The van der Waals surface area contributed by atoms with Gasteiger partial charge in [0.05, 0.1) is 24.9 Å². The quantitative estimate of drug-likeness (QED) is 0.301. The maximum atomic E-state index is 12.6. The molecule has 154 valence electrons. The number of aromatic nitrogens is 2. The van der Waals surface area contributed by atoms with Gasteiger partial charge in [-0.25, -0.2) is 4.79 Å². The summed E-state index contributed by atoms with van der Waals surface area (Å²) in [5, 5.41) is 1.94. The van der Waals surface area contributed by atoms with Crippen molar-refractivity contribution in [1.82, 2.24) is 14.5 Å². The summed E-state index contributed by atoms with van der Waals surface area (Å²) in [7, 11) is 1.59. The van der Waals surface area contributed by atoms with Gasteiger partial charge in [0.15, 0.2) is 0 Å². The van der Waals surface area contributed by atoms with Crippen LogP contribution >= 0.6 is 11.8 Å². The Bertz CT molecular complexity index is 1090. The van der Waals surface area contributed by atoms with Crippen LogP contribution in [-0.2, 0) is 38.7 Å². The molecular weight excluding hydrogens is 426 g/mol. The first-order chi connectivity index (χ1) is 14.5. The molecule has 1 amide bonds. The molecule has 8 nitrogen and oxygen atoms in total. The van der Waals surface area contributed by atoms with Crippen molar-refractivity contribution in [2.75, 3.05) is 12.9 Å². The first-order valence-electron chi connectivity index (χ1n) is 9.21. The van der Waals surface area contributed by atoms with E-state index in [2.05, 4.69) is 4.98 Å². The number of methoxy groups -OCH3 is 1. The molecule has 0 radical (unpaired) electrons. The van der Waals surface area contributed by atoms with Gasteiger partial charge >= 0.3 is 11.1 Å². The molecule has 1 aromatic heterocycles. The predicted octanol–water partition coefficient (Wildman–Crippen LogP) is 1.90. The third-order valence-electron chi connectivity index (χ3n) is 5.06. The highest BCUT2D eigenvalue weighted by atomic mass is 32.2. The van der Waals surface area contributed by atoms with E-state index in [9.17, 15) is 14.1 Å². The molecule has 30 heavy (non-hydrogen) atoms. The summed E-state index contributed by atoms with van der Waals surface area (Å²) in [5.74, 6) is 0.523. The van der Waals surface area contributed by atoms with Gasteiger partial charge in [-0.2, -0.15) is 4.98 Å². The molecule has 0 N–H and O–H groups in total. The zero-order valence-corrected chi connectivity index (χ0v) is 17.6. The van der Waals surface area contributed by atoms with Gasteiger partial charge in [0.25, 0.3) is 5.91 Å². The lowest BCUT2D eigenvalue weighted by atomic mass is 10.0. The number of esters is 1. The summed E-state index contributed by atoms with van der Waals surface area (Å²) in [4.78, 5) is 30.9. The number of β-lactam (4-membered cyclic amide) rings is 1. The monoisotopic (exact) mass is 443 g/mol. The number of carbonyl (C=O) groups is 2. The van der Waals surface area contributed by atoms with Gasteiger partial charge in [0.1, 0.15) is 29.2 Å². The van der Waals surface area contributed by atoms with Gasteiger partial charge in [-0.3, -0.25) is 14.3 Å². The molecule has 3 aliphatic heterocycles. The van der Waals surface area contributed by atoms with E-state index in [-0.39, 0.29) is 23.6 Å². The Labute approximate surface area is 179 Å². The molecule has 0 spiro atoms. The first kappa shape index (κ1) is 19.3. The third kappa shape index (κ3) is 3.21. The van der Waals surface area contributed by atoms with E-state index in [0.29, 0.717) is 28.7 Å². The topological polar surface area (TPSA) is 96.7 Å². The number of carbonyl (C=O) groups excluding carboxylic acids is 2. The molecule has 1 fully saturated rings. The second-order valence-corrected chi connectivity index (χ2v) is 9.30. The number of amides is 1. The highest BCUT2D eigenvalue weighted by Gasteiger charge is 2.50. The van der Waals surface area contributed by atoms with Crippen molar-refractivity contribution in [2.45, 2.75) is 23.7 Å². The van der Waals surface area contributed by atoms with Crippen LogP contribution < -0.4 is 4.74 Å². The number of aryl methyl sites for hydroxylation is 1. The summed E-state index contributed by atoms with van der Waals surface area (Å²) < 4.78 is 24.2. The van der Waals surface area contributed by atoms with Crippen molar-refractivity contribution in [3.05, 3.63) is 58.4 Å². The van der Waals surface area contributed by atoms with Crippen LogP contribution in [0.1, 0.15) is 11.3 Å². The van der Waals surface area contributed by atoms with Gasteiger partial charge < -0.3 is 14.0 Å². The van der Waals surface area contributed by atoms with Crippen molar-refractivity contribution in [2.24, 2.45) is 0 Å². The lowest BCUT2D eigenvalue weighted by Crippen LogP contribution is -2.51. The van der Waals surface area contributed by atoms with Crippen molar-refractivity contribution in [3.63, 3.8) is 0 Å². The van der Waals surface area contributed by atoms with Crippen molar-refractivity contribution in [3.8, 4) is 5.75 Å².